The topological polar surface area (TPSA) is 81.2 Å². The van der Waals surface area contributed by atoms with Crippen molar-refractivity contribution in [3.8, 4) is 0 Å². The van der Waals surface area contributed by atoms with Gasteiger partial charge in [-0.2, -0.15) is 0 Å². The molecule has 3 fully saturated rings. The molecule has 4 rings (SSSR count). The van der Waals surface area contributed by atoms with Crippen LogP contribution in [0.1, 0.15) is 38.7 Å². The summed E-state index contributed by atoms with van der Waals surface area (Å²) in [7, 11) is 1.75. The van der Waals surface area contributed by atoms with Crippen LogP contribution in [0, 0.1) is 17.8 Å². The minimum Gasteiger partial charge on any atom is -0.394 e. The molecule has 39 heavy (non-hydrogen) atoms. The lowest BCUT2D eigenvalue weighted by Crippen LogP contribution is -2.59. The number of hydrogen-bond acceptors (Lipinski definition) is 5. The van der Waals surface area contributed by atoms with E-state index in [1.54, 1.807) is 40.8 Å². The van der Waals surface area contributed by atoms with Crippen molar-refractivity contribution in [3.05, 3.63) is 61.2 Å². The number of unbranched alkanes of at least 4 members (excludes halogenated alkanes) is 1. The van der Waals surface area contributed by atoms with Crippen molar-refractivity contribution in [2.75, 3.05) is 33.3 Å². The van der Waals surface area contributed by atoms with Crippen LogP contribution in [0.2, 0.25) is 0 Å². The van der Waals surface area contributed by atoms with Crippen LogP contribution >= 0.6 is 11.8 Å². The van der Waals surface area contributed by atoms with Gasteiger partial charge in [-0.25, -0.2) is 0 Å². The average molecular weight is 554 g/mol. The van der Waals surface area contributed by atoms with Gasteiger partial charge in [0.25, 0.3) is 0 Å². The predicted molar refractivity (Wildman–Crippen MR) is 156 cm³/mol. The molecule has 1 aromatic rings. The zero-order valence-electron chi connectivity index (χ0n) is 23.5. The normalized spacial score (nSPS) is 29.7. The first-order valence-corrected chi connectivity index (χ1v) is 15.0. The Balaban J connectivity index is 1.81. The summed E-state index contributed by atoms with van der Waals surface area (Å²) in [6.45, 7) is 13.0. The van der Waals surface area contributed by atoms with Crippen molar-refractivity contribution in [2.24, 2.45) is 17.8 Å². The zero-order valence-corrected chi connectivity index (χ0v) is 24.3. The molecule has 1 aromatic carbocycles. The summed E-state index contributed by atoms with van der Waals surface area (Å²) in [5.74, 6) is -1.37. The summed E-state index contributed by atoms with van der Waals surface area (Å²) >= 11 is 1.68. The first-order chi connectivity index (χ1) is 18.8. The Bertz CT molecular complexity index is 1080. The van der Waals surface area contributed by atoms with Crippen LogP contribution in [-0.4, -0.2) is 92.9 Å². The molecule has 3 aliphatic heterocycles. The Morgan fingerprint density at radius 3 is 2.51 bits per heavy atom. The van der Waals surface area contributed by atoms with Gasteiger partial charge in [-0.1, -0.05) is 62.8 Å². The lowest BCUT2D eigenvalue weighted by atomic mass is 9.65. The highest BCUT2D eigenvalue weighted by atomic mass is 32.2. The fraction of sp³-hybridized carbons (Fsp3) is 0.581. The molecule has 0 radical (unpaired) electrons. The van der Waals surface area contributed by atoms with Crippen LogP contribution in [-0.2, 0) is 20.8 Å². The third-order valence-corrected chi connectivity index (χ3v) is 10.9. The Labute approximate surface area is 237 Å². The summed E-state index contributed by atoms with van der Waals surface area (Å²) in [4.78, 5) is 47.9. The van der Waals surface area contributed by atoms with Gasteiger partial charge in [0.05, 0.1) is 29.2 Å². The van der Waals surface area contributed by atoms with E-state index < -0.39 is 28.7 Å². The highest BCUT2D eigenvalue weighted by Crippen LogP contribution is 2.69. The van der Waals surface area contributed by atoms with E-state index in [1.807, 2.05) is 35.2 Å². The molecule has 0 aliphatic carbocycles. The standard InChI is InChI=1S/C31H43N3O4S/c1-6-9-17-33(16-8-3)30(38)27-31-21(4)18-24(39-31)25(28(36)32(5)15-7-2)26(31)29(37)34(27)23(20-35)19-22-13-11-10-12-14-22/h7-8,10-14,21,23-27,35H,2-3,6,9,15-20H2,1,4-5H3/t21?,23-,24-,25+,26+,27?,31?/m1/s1. The smallest absolute Gasteiger partial charge is 0.247 e. The Morgan fingerprint density at radius 2 is 1.90 bits per heavy atom. The molecular formula is C31H43N3O4S. The van der Waals surface area contributed by atoms with E-state index in [0.717, 1.165) is 24.8 Å². The lowest BCUT2D eigenvalue weighted by Gasteiger charge is -2.42. The van der Waals surface area contributed by atoms with E-state index in [0.29, 0.717) is 26.1 Å². The van der Waals surface area contributed by atoms with E-state index in [4.69, 9.17) is 0 Å². The Kier molecular flexibility index (Phi) is 9.27. The van der Waals surface area contributed by atoms with Gasteiger partial charge in [-0.05, 0) is 30.7 Å². The zero-order chi connectivity index (χ0) is 28.3. The van der Waals surface area contributed by atoms with E-state index in [9.17, 15) is 19.5 Å². The number of hydrogen-bond donors (Lipinski definition) is 1. The molecule has 7 nitrogen and oxygen atoms in total. The minimum absolute atomic E-state index is 0.0173. The second kappa shape index (κ2) is 12.3. The molecule has 8 heteroatoms. The van der Waals surface area contributed by atoms with E-state index >= 15 is 0 Å². The van der Waals surface area contributed by atoms with E-state index in [2.05, 4.69) is 27.0 Å². The Morgan fingerprint density at radius 1 is 1.21 bits per heavy atom. The van der Waals surface area contributed by atoms with Crippen LogP contribution < -0.4 is 0 Å². The van der Waals surface area contributed by atoms with E-state index in [-0.39, 0.29) is 35.5 Å². The first-order valence-electron chi connectivity index (χ1n) is 14.2. The number of aliphatic hydroxyl groups is 1. The minimum atomic E-state index is -0.750. The van der Waals surface area contributed by atoms with Gasteiger partial charge >= 0.3 is 0 Å². The summed E-state index contributed by atoms with van der Waals surface area (Å²) in [5.41, 5.74) is 0.988. The molecule has 3 aliphatic rings. The van der Waals surface area contributed by atoms with Crippen LogP contribution in [0.15, 0.2) is 55.6 Å². The van der Waals surface area contributed by atoms with Crippen LogP contribution in [0.25, 0.3) is 0 Å². The monoisotopic (exact) mass is 553 g/mol. The average Bonchev–Trinajstić information content (AvgIpc) is 3.53. The van der Waals surface area contributed by atoms with Crippen LogP contribution in [0.5, 0.6) is 0 Å². The maximum atomic E-state index is 14.5. The number of benzene rings is 1. The summed E-state index contributed by atoms with van der Waals surface area (Å²) in [6, 6.07) is 8.44. The molecule has 3 amide bonds. The molecule has 212 valence electrons. The van der Waals surface area contributed by atoms with E-state index in [1.165, 1.54) is 0 Å². The number of likely N-dealkylation sites (N-methyl/N-ethyl adjacent to an activating group) is 1. The number of amides is 3. The predicted octanol–water partition coefficient (Wildman–Crippen LogP) is 3.39. The fourth-order valence-electron chi connectivity index (χ4n) is 7.06. The molecule has 0 aromatic heterocycles. The molecule has 3 saturated heterocycles. The van der Waals surface area contributed by atoms with Gasteiger partial charge in [-0.3, -0.25) is 14.4 Å². The van der Waals surface area contributed by atoms with Crippen molar-refractivity contribution < 1.29 is 19.5 Å². The molecule has 7 atom stereocenters. The molecule has 3 heterocycles. The second-order valence-corrected chi connectivity index (χ2v) is 12.8. The molecule has 1 spiro atoms. The first kappa shape index (κ1) is 29.4. The number of carbonyl (C=O) groups is 3. The maximum absolute atomic E-state index is 14.5. The molecule has 0 saturated carbocycles. The van der Waals surface area contributed by atoms with Crippen molar-refractivity contribution >= 4 is 29.5 Å². The number of rotatable bonds is 13. The molecule has 3 unspecified atom stereocenters. The van der Waals surface area contributed by atoms with Crippen LogP contribution in [0.4, 0.5) is 0 Å². The van der Waals surface area contributed by atoms with Gasteiger partial charge in [0.15, 0.2) is 0 Å². The highest BCUT2D eigenvalue weighted by molar-refractivity contribution is 8.02. The lowest BCUT2D eigenvalue weighted by molar-refractivity contribution is -0.146. The van der Waals surface area contributed by atoms with Gasteiger partial charge in [0.2, 0.25) is 17.7 Å². The van der Waals surface area contributed by atoms with Crippen molar-refractivity contribution in [1.82, 2.24) is 14.7 Å². The van der Waals surface area contributed by atoms with Crippen LogP contribution in [0.3, 0.4) is 0 Å². The van der Waals surface area contributed by atoms with Crippen molar-refractivity contribution in [3.63, 3.8) is 0 Å². The van der Waals surface area contributed by atoms with Gasteiger partial charge in [0.1, 0.15) is 6.04 Å². The van der Waals surface area contributed by atoms with Crippen molar-refractivity contribution in [2.45, 2.75) is 61.6 Å². The number of aliphatic hydroxyl groups excluding tert-OH is 1. The molecule has 2 bridgehead atoms. The van der Waals surface area contributed by atoms with Gasteiger partial charge in [0, 0.05) is 31.9 Å². The third kappa shape index (κ3) is 5.06. The van der Waals surface area contributed by atoms with Gasteiger partial charge < -0.3 is 19.8 Å². The molecular weight excluding hydrogens is 510 g/mol. The fourth-order valence-corrected chi connectivity index (χ4v) is 9.45. The summed E-state index contributed by atoms with van der Waals surface area (Å²) in [5, 5.41) is 10.6. The number of thioether (sulfide) groups is 1. The number of fused-ring (bicyclic) bond motifs is 1. The Hall–Kier alpha value is -2.58. The summed E-state index contributed by atoms with van der Waals surface area (Å²) < 4.78 is -0.718. The second-order valence-electron chi connectivity index (χ2n) is 11.3. The number of likely N-dealkylation sites (tertiary alicyclic amines) is 1. The van der Waals surface area contributed by atoms with Gasteiger partial charge in [-0.15, -0.1) is 24.9 Å². The van der Waals surface area contributed by atoms with Crippen molar-refractivity contribution in [1.29, 1.82) is 0 Å². The third-order valence-electron chi connectivity index (χ3n) is 8.84. The largest absolute Gasteiger partial charge is 0.394 e. The number of carbonyl (C=O) groups excluding carboxylic acids is 3. The number of nitrogens with zero attached hydrogens (tertiary/aromatic N) is 3. The molecule has 1 N–H and O–H groups in total. The maximum Gasteiger partial charge on any atom is 0.247 e. The highest BCUT2D eigenvalue weighted by Gasteiger charge is 2.76. The summed E-state index contributed by atoms with van der Waals surface area (Å²) in [6.07, 6.45) is 6.43. The quantitative estimate of drug-likeness (QED) is 0.379. The SMILES string of the molecule is C=CCN(C)C(=O)[C@@H]1[C@H]2C(=O)N([C@@H](CO)Cc3ccccc3)C(C(=O)N(CC=C)CCCC)C23S[C@@H]1CC3C.